The Morgan fingerprint density at radius 3 is 2.68 bits per heavy atom. The summed E-state index contributed by atoms with van der Waals surface area (Å²) >= 11 is 0. The van der Waals surface area contributed by atoms with E-state index in [-0.39, 0.29) is 12.5 Å². The summed E-state index contributed by atoms with van der Waals surface area (Å²) in [6, 6.07) is 8.32. The fourth-order valence-electron chi connectivity index (χ4n) is 2.12. The molecule has 0 bridgehead atoms. The van der Waals surface area contributed by atoms with Crippen LogP contribution in [0.15, 0.2) is 24.3 Å². The minimum absolute atomic E-state index is 0.145. The van der Waals surface area contributed by atoms with Crippen molar-refractivity contribution in [2.24, 2.45) is 0 Å². The number of ether oxygens (including phenoxy) is 1. The van der Waals surface area contributed by atoms with Crippen molar-refractivity contribution in [3.05, 3.63) is 29.8 Å². The molecule has 0 aliphatic rings. The predicted octanol–water partition coefficient (Wildman–Crippen LogP) is 2.70. The first-order valence-corrected chi connectivity index (χ1v) is 6.59. The van der Waals surface area contributed by atoms with E-state index in [1.165, 1.54) is 0 Å². The maximum atomic E-state index is 10.8. The van der Waals surface area contributed by atoms with Gasteiger partial charge in [-0.25, -0.2) is 0 Å². The summed E-state index contributed by atoms with van der Waals surface area (Å²) in [5.41, 5.74) is 2.27. The molecule has 0 saturated carbocycles. The number of methoxy groups -OCH3 is 1. The first-order chi connectivity index (χ1) is 9.06. The van der Waals surface area contributed by atoms with E-state index < -0.39 is 5.97 Å². The zero-order chi connectivity index (χ0) is 14.3. The number of anilines is 1. The third kappa shape index (κ3) is 4.91. The first-order valence-electron chi connectivity index (χ1n) is 6.59. The number of hydrogen-bond acceptors (Lipinski definition) is 3. The predicted molar refractivity (Wildman–Crippen MR) is 76.7 cm³/mol. The molecule has 0 fully saturated rings. The third-order valence-electron chi connectivity index (χ3n) is 3.26. The van der Waals surface area contributed by atoms with Crippen molar-refractivity contribution in [1.29, 1.82) is 0 Å². The lowest BCUT2D eigenvalue weighted by Gasteiger charge is -2.32. The molecule has 0 radical (unpaired) electrons. The molecule has 1 aromatic carbocycles. The monoisotopic (exact) mass is 265 g/mol. The van der Waals surface area contributed by atoms with Crippen LogP contribution in [0.4, 0.5) is 5.69 Å². The Kier molecular flexibility index (Phi) is 6.36. The molecule has 1 atom stereocenters. The quantitative estimate of drug-likeness (QED) is 0.785. The van der Waals surface area contributed by atoms with Crippen LogP contribution in [0.5, 0.6) is 0 Å². The second-order valence-corrected chi connectivity index (χ2v) is 4.75. The van der Waals surface area contributed by atoms with Crippen molar-refractivity contribution >= 4 is 11.7 Å². The van der Waals surface area contributed by atoms with Crippen LogP contribution in [0.3, 0.4) is 0 Å². The van der Waals surface area contributed by atoms with Gasteiger partial charge < -0.3 is 14.7 Å². The van der Waals surface area contributed by atoms with E-state index >= 15 is 0 Å². The van der Waals surface area contributed by atoms with Gasteiger partial charge in [-0.2, -0.15) is 0 Å². The molecule has 1 aromatic rings. The summed E-state index contributed by atoms with van der Waals surface area (Å²) in [5, 5.41) is 8.89. The molecule has 0 amide bonds. The van der Waals surface area contributed by atoms with Gasteiger partial charge in [0.25, 0.3) is 0 Å². The molecule has 0 saturated heterocycles. The van der Waals surface area contributed by atoms with Crippen LogP contribution in [-0.4, -0.2) is 37.4 Å². The zero-order valence-electron chi connectivity index (χ0n) is 11.9. The summed E-state index contributed by atoms with van der Waals surface area (Å²) in [4.78, 5) is 13.0. The average molecular weight is 265 g/mol. The summed E-state index contributed by atoms with van der Waals surface area (Å²) < 4.78 is 5.11. The lowest BCUT2D eigenvalue weighted by molar-refractivity contribution is -0.136. The smallest absolute Gasteiger partial charge is 0.305 e. The Morgan fingerprint density at radius 2 is 2.11 bits per heavy atom. The molecule has 0 spiro atoms. The topological polar surface area (TPSA) is 49.8 Å². The van der Waals surface area contributed by atoms with Gasteiger partial charge in [-0.1, -0.05) is 18.2 Å². The SMILES string of the molecule is COCCC(C)N(CCC(=O)O)c1ccccc1C. The molecule has 4 heteroatoms. The molecule has 1 unspecified atom stereocenters. The third-order valence-corrected chi connectivity index (χ3v) is 3.26. The average Bonchev–Trinajstić information content (AvgIpc) is 2.38. The van der Waals surface area contributed by atoms with Crippen LogP contribution in [0, 0.1) is 6.92 Å². The number of aliphatic carboxylic acids is 1. The number of carbonyl (C=O) groups is 1. The highest BCUT2D eigenvalue weighted by Crippen LogP contribution is 2.23. The first kappa shape index (κ1) is 15.5. The van der Waals surface area contributed by atoms with Crippen LogP contribution in [0.25, 0.3) is 0 Å². The maximum absolute atomic E-state index is 10.8. The molecule has 0 aliphatic carbocycles. The summed E-state index contributed by atoms with van der Waals surface area (Å²) in [7, 11) is 1.68. The van der Waals surface area contributed by atoms with Crippen molar-refractivity contribution in [3.63, 3.8) is 0 Å². The maximum Gasteiger partial charge on any atom is 0.305 e. The minimum atomic E-state index is -0.766. The number of hydrogen-bond donors (Lipinski definition) is 1. The second-order valence-electron chi connectivity index (χ2n) is 4.75. The van der Waals surface area contributed by atoms with Gasteiger partial charge in [-0.15, -0.1) is 0 Å². The van der Waals surface area contributed by atoms with E-state index in [9.17, 15) is 4.79 Å². The molecule has 0 heterocycles. The molecular weight excluding hydrogens is 242 g/mol. The van der Waals surface area contributed by atoms with Gasteiger partial charge in [0.2, 0.25) is 0 Å². The Labute approximate surface area is 115 Å². The molecule has 4 nitrogen and oxygen atoms in total. The van der Waals surface area contributed by atoms with Crippen molar-refractivity contribution in [2.75, 3.05) is 25.2 Å². The van der Waals surface area contributed by atoms with Crippen LogP contribution in [-0.2, 0) is 9.53 Å². The van der Waals surface area contributed by atoms with E-state index in [1.807, 2.05) is 31.2 Å². The van der Waals surface area contributed by atoms with E-state index in [0.717, 1.165) is 17.7 Å². The fraction of sp³-hybridized carbons (Fsp3) is 0.533. The van der Waals surface area contributed by atoms with Gasteiger partial charge >= 0.3 is 5.97 Å². The van der Waals surface area contributed by atoms with Crippen LogP contribution < -0.4 is 4.90 Å². The molecule has 0 aliphatic heterocycles. The number of para-hydroxylation sites is 1. The van der Waals surface area contributed by atoms with E-state index in [0.29, 0.717) is 13.2 Å². The van der Waals surface area contributed by atoms with Gasteiger partial charge in [-0.05, 0) is 31.9 Å². The fourth-order valence-corrected chi connectivity index (χ4v) is 2.12. The second kappa shape index (κ2) is 7.79. The highest BCUT2D eigenvalue weighted by Gasteiger charge is 2.17. The highest BCUT2D eigenvalue weighted by atomic mass is 16.5. The highest BCUT2D eigenvalue weighted by molar-refractivity contribution is 5.68. The summed E-state index contributed by atoms with van der Waals surface area (Å²) in [5.74, 6) is -0.766. The lowest BCUT2D eigenvalue weighted by atomic mass is 10.1. The normalized spacial score (nSPS) is 12.2. The Morgan fingerprint density at radius 1 is 1.42 bits per heavy atom. The Balaban J connectivity index is 2.85. The Hall–Kier alpha value is -1.55. The Bertz CT molecular complexity index is 406. The zero-order valence-corrected chi connectivity index (χ0v) is 11.9. The largest absolute Gasteiger partial charge is 0.481 e. The van der Waals surface area contributed by atoms with Crippen molar-refractivity contribution in [1.82, 2.24) is 0 Å². The molecular formula is C15H23NO3. The van der Waals surface area contributed by atoms with Gasteiger partial charge in [0.1, 0.15) is 0 Å². The minimum Gasteiger partial charge on any atom is -0.481 e. The standard InChI is InChI=1S/C15H23NO3/c1-12-6-4-5-7-14(12)16(10-8-15(17)18)13(2)9-11-19-3/h4-7,13H,8-11H2,1-3H3,(H,17,18). The number of carboxylic acids is 1. The molecule has 19 heavy (non-hydrogen) atoms. The molecule has 106 valence electrons. The number of rotatable bonds is 8. The van der Waals surface area contributed by atoms with Gasteiger partial charge in [0.15, 0.2) is 0 Å². The van der Waals surface area contributed by atoms with Gasteiger partial charge in [0.05, 0.1) is 6.42 Å². The summed E-state index contributed by atoms with van der Waals surface area (Å²) in [6.07, 6.45) is 1.02. The number of nitrogens with zero attached hydrogens (tertiary/aromatic N) is 1. The van der Waals surface area contributed by atoms with Crippen LogP contribution in [0.2, 0.25) is 0 Å². The number of aryl methyl sites for hydroxylation is 1. The number of benzene rings is 1. The van der Waals surface area contributed by atoms with E-state index in [4.69, 9.17) is 9.84 Å². The van der Waals surface area contributed by atoms with Crippen molar-refractivity contribution < 1.29 is 14.6 Å². The van der Waals surface area contributed by atoms with E-state index in [1.54, 1.807) is 7.11 Å². The van der Waals surface area contributed by atoms with Crippen LogP contribution >= 0.6 is 0 Å². The van der Waals surface area contributed by atoms with Crippen LogP contribution in [0.1, 0.15) is 25.3 Å². The van der Waals surface area contributed by atoms with Gasteiger partial charge in [-0.3, -0.25) is 4.79 Å². The van der Waals surface area contributed by atoms with Crippen molar-refractivity contribution in [2.45, 2.75) is 32.7 Å². The molecule has 0 aromatic heterocycles. The molecule has 1 rings (SSSR count). The molecule has 1 N–H and O–H groups in total. The van der Waals surface area contributed by atoms with Gasteiger partial charge in [0, 0.05) is 32.0 Å². The lowest BCUT2D eigenvalue weighted by Crippen LogP contribution is -2.36. The van der Waals surface area contributed by atoms with Crippen molar-refractivity contribution in [3.8, 4) is 0 Å². The number of carboxylic acid groups (broad SMARTS) is 1. The summed E-state index contributed by atoms with van der Waals surface area (Å²) in [6.45, 7) is 5.35. The van der Waals surface area contributed by atoms with E-state index in [2.05, 4.69) is 11.8 Å².